The molecule has 2 saturated carbocycles. The zero-order valence-corrected chi connectivity index (χ0v) is 12.1. The summed E-state index contributed by atoms with van der Waals surface area (Å²) in [5, 5.41) is 3.79. The van der Waals surface area contributed by atoms with Crippen molar-refractivity contribution in [2.75, 3.05) is 25.9 Å². The monoisotopic (exact) mass is 254 g/mol. The fourth-order valence-corrected chi connectivity index (χ4v) is 4.03. The van der Waals surface area contributed by atoms with E-state index in [1.807, 2.05) is 0 Å². The Morgan fingerprint density at radius 3 is 2.65 bits per heavy atom. The van der Waals surface area contributed by atoms with Crippen LogP contribution in [0.3, 0.4) is 0 Å². The summed E-state index contributed by atoms with van der Waals surface area (Å²) in [5.74, 6) is 1.000. The third-order valence-electron chi connectivity index (χ3n) is 4.96. The van der Waals surface area contributed by atoms with Gasteiger partial charge in [0.2, 0.25) is 0 Å². The SMILES string of the molecule is CCC1CNC(C2CC2)CN1CC1(SC)CC1. The molecule has 1 aliphatic heterocycles. The number of hydrogen-bond acceptors (Lipinski definition) is 3. The highest BCUT2D eigenvalue weighted by Gasteiger charge is 2.46. The normalized spacial score (nSPS) is 37.1. The van der Waals surface area contributed by atoms with Crippen LogP contribution in [0.1, 0.15) is 39.0 Å². The van der Waals surface area contributed by atoms with Crippen molar-refractivity contribution >= 4 is 11.8 Å². The summed E-state index contributed by atoms with van der Waals surface area (Å²) in [5.41, 5.74) is 0. The van der Waals surface area contributed by atoms with Gasteiger partial charge in [-0.05, 0) is 44.3 Å². The van der Waals surface area contributed by atoms with Crippen LogP contribution in [0.25, 0.3) is 0 Å². The number of thioether (sulfide) groups is 1. The predicted octanol–water partition coefficient (Wildman–Crippen LogP) is 2.34. The second-order valence-corrected chi connectivity index (χ2v) is 7.51. The van der Waals surface area contributed by atoms with E-state index in [0.29, 0.717) is 4.75 Å². The van der Waals surface area contributed by atoms with E-state index >= 15 is 0 Å². The average molecular weight is 254 g/mol. The van der Waals surface area contributed by atoms with E-state index in [1.54, 1.807) is 0 Å². The molecule has 3 fully saturated rings. The zero-order chi connectivity index (χ0) is 11.9. The van der Waals surface area contributed by atoms with Gasteiger partial charge in [-0.1, -0.05) is 6.92 Å². The van der Waals surface area contributed by atoms with Gasteiger partial charge in [0, 0.05) is 36.5 Å². The number of hydrogen-bond donors (Lipinski definition) is 1. The molecule has 0 bridgehead atoms. The maximum Gasteiger partial charge on any atom is 0.0285 e. The molecule has 3 aliphatic rings. The van der Waals surface area contributed by atoms with Gasteiger partial charge in [0.1, 0.15) is 0 Å². The lowest BCUT2D eigenvalue weighted by Crippen LogP contribution is -2.58. The van der Waals surface area contributed by atoms with Crippen molar-refractivity contribution in [1.82, 2.24) is 10.2 Å². The molecule has 3 rings (SSSR count). The van der Waals surface area contributed by atoms with Gasteiger partial charge in [-0.25, -0.2) is 0 Å². The van der Waals surface area contributed by atoms with Crippen molar-refractivity contribution in [2.24, 2.45) is 5.92 Å². The Kier molecular flexibility index (Phi) is 3.44. The van der Waals surface area contributed by atoms with Crippen molar-refractivity contribution < 1.29 is 0 Å². The van der Waals surface area contributed by atoms with Gasteiger partial charge in [-0.2, -0.15) is 11.8 Å². The highest BCUT2D eigenvalue weighted by molar-refractivity contribution is 8.00. The Morgan fingerprint density at radius 2 is 2.12 bits per heavy atom. The molecule has 0 aromatic heterocycles. The van der Waals surface area contributed by atoms with Crippen molar-refractivity contribution in [2.45, 2.75) is 55.9 Å². The van der Waals surface area contributed by atoms with Gasteiger partial charge >= 0.3 is 0 Å². The molecule has 0 aromatic rings. The zero-order valence-electron chi connectivity index (χ0n) is 11.2. The molecule has 3 heteroatoms. The first-order valence-corrected chi connectivity index (χ1v) is 8.51. The van der Waals surface area contributed by atoms with E-state index in [1.165, 1.54) is 51.7 Å². The van der Waals surface area contributed by atoms with Crippen molar-refractivity contribution in [3.8, 4) is 0 Å². The van der Waals surface area contributed by atoms with Gasteiger partial charge in [-0.15, -0.1) is 0 Å². The standard InChI is InChI=1S/C14H26N2S/c1-3-12-8-15-13(11-4-5-11)9-16(12)10-14(17-2)6-7-14/h11-13,15H,3-10H2,1-2H3. The number of piperazine rings is 1. The lowest BCUT2D eigenvalue weighted by Gasteiger charge is -2.42. The predicted molar refractivity (Wildman–Crippen MR) is 75.6 cm³/mol. The van der Waals surface area contributed by atoms with Crippen LogP contribution in [-0.2, 0) is 0 Å². The van der Waals surface area contributed by atoms with E-state index in [-0.39, 0.29) is 0 Å². The van der Waals surface area contributed by atoms with Crippen molar-refractivity contribution in [3.63, 3.8) is 0 Å². The molecular formula is C14H26N2S. The third-order valence-corrected chi connectivity index (χ3v) is 6.36. The number of rotatable bonds is 5. The summed E-state index contributed by atoms with van der Waals surface area (Å²) in [4.78, 5) is 2.81. The fraction of sp³-hybridized carbons (Fsp3) is 1.00. The number of nitrogens with one attached hydrogen (secondary N) is 1. The van der Waals surface area contributed by atoms with Crippen LogP contribution in [0.15, 0.2) is 0 Å². The summed E-state index contributed by atoms with van der Waals surface area (Å²) in [6.45, 7) is 6.22. The van der Waals surface area contributed by atoms with Gasteiger partial charge in [0.05, 0.1) is 0 Å². The Bertz CT molecular complexity index is 273. The third kappa shape index (κ3) is 2.66. The Balaban J connectivity index is 1.61. The molecule has 17 heavy (non-hydrogen) atoms. The van der Waals surface area contributed by atoms with Crippen molar-refractivity contribution in [3.05, 3.63) is 0 Å². The first-order chi connectivity index (χ1) is 8.26. The van der Waals surface area contributed by atoms with E-state index in [0.717, 1.165) is 18.0 Å². The smallest absolute Gasteiger partial charge is 0.0285 e. The summed E-state index contributed by atoms with van der Waals surface area (Å²) in [6, 6.07) is 1.59. The molecule has 98 valence electrons. The minimum atomic E-state index is 0.638. The molecule has 0 spiro atoms. The van der Waals surface area contributed by atoms with Crippen molar-refractivity contribution in [1.29, 1.82) is 0 Å². The van der Waals surface area contributed by atoms with Crippen LogP contribution < -0.4 is 5.32 Å². The topological polar surface area (TPSA) is 15.3 Å². The second-order valence-electron chi connectivity index (χ2n) is 6.23. The number of nitrogens with zero attached hydrogens (tertiary/aromatic N) is 1. The highest BCUT2D eigenvalue weighted by atomic mass is 32.2. The van der Waals surface area contributed by atoms with Gasteiger partial charge in [0.15, 0.2) is 0 Å². The minimum Gasteiger partial charge on any atom is -0.311 e. The molecule has 0 amide bonds. The minimum absolute atomic E-state index is 0.638. The van der Waals surface area contributed by atoms with Crippen LogP contribution in [0.4, 0.5) is 0 Å². The summed E-state index contributed by atoms with van der Waals surface area (Å²) >= 11 is 2.11. The summed E-state index contributed by atoms with van der Waals surface area (Å²) < 4.78 is 0.638. The quantitative estimate of drug-likeness (QED) is 0.811. The van der Waals surface area contributed by atoms with Crippen LogP contribution in [0, 0.1) is 5.92 Å². The lowest BCUT2D eigenvalue weighted by molar-refractivity contribution is 0.117. The maximum absolute atomic E-state index is 3.79. The van der Waals surface area contributed by atoms with E-state index in [2.05, 4.69) is 35.2 Å². The first-order valence-electron chi connectivity index (χ1n) is 7.29. The van der Waals surface area contributed by atoms with Gasteiger partial charge in [-0.3, -0.25) is 4.90 Å². The van der Waals surface area contributed by atoms with Gasteiger partial charge in [0.25, 0.3) is 0 Å². The molecule has 0 radical (unpaired) electrons. The highest BCUT2D eigenvalue weighted by Crippen LogP contribution is 2.48. The van der Waals surface area contributed by atoms with Crippen LogP contribution >= 0.6 is 11.8 Å². The van der Waals surface area contributed by atoms with E-state index in [9.17, 15) is 0 Å². The van der Waals surface area contributed by atoms with Gasteiger partial charge < -0.3 is 5.32 Å². The van der Waals surface area contributed by atoms with Crippen LogP contribution in [-0.4, -0.2) is 47.6 Å². The Labute approximate surface area is 110 Å². The largest absolute Gasteiger partial charge is 0.311 e. The molecule has 1 N–H and O–H groups in total. The molecule has 2 aliphatic carbocycles. The molecule has 1 heterocycles. The summed E-state index contributed by atoms with van der Waals surface area (Å²) in [7, 11) is 0. The Morgan fingerprint density at radius 1 is 1.35 bits per heavy atom. The van der Waals surface area contributed by atoms with E-state index in [4.69, 9.17) is 0 Å². The molecule has 0 aromatic carbocycles. The molecular weight excluding hydrogens is 228 g/mol. The van der Waals surface area contributed by atoms with E-state index < -0.39 is 0 Å². The second kappa shape index (κ2) is 4.75. The molecule has 1 saturated heterocycles. The van der Waals surface area contributed by atoms with Crippen LogP contribution in [0.5, 0.6) is 0 Å². The summed E-state index contributed by atoms with van der Waals surface area (Å²) in [6.07, 6.45) is 9.43. The molecule has 2 unspecified atom stereocenters. The average Bonchev–Trinajstić information content (AvgIpc) is 3.24. The Hall–Kier alpha value is 0.270. The lowest BCUT2D eigenvalue weighted by atomic mass is 10.0. The molecule has 2 atom stereocenters. The van der Waals surface area contributed by atoms with Crippen LogP contribution in [0.2, 0.25) is 0 Å². The maximum atomic E-state index is 3.79. The first kappa shape index (κ1) is 12.3. The fourth-order valence-electron chi connectivity index (χ4n) is 3.23. The molecule has 2 nitrogen and oxygen atoms in total.